The number of hydrogen-bond donors (Lipinski definition) is 1. The molecule has 0 bridgehead atoms. The van der Waals surface area contributed by atoms with Crippen molar-refractivity contribution in [3.63, 3.8) is 0 Å². The Hall–Kier alpha value is -3.68. The van der Waals surface area contributed by atoms with Crippen molar-refractivity contribution in [3.8, 4) is 16.9 Å². The fourth-order valence-electron chi connectivity index (χ4n) is 2.43. The minimum absolute atomic E-state index is 0.00777. The summed E-state index contributed by atoms with van der Waals surface area (Å²) in [6.07, 6.45) is 0. The SMILES string of the molecule is CC(=O)Oc1c(C(=O)O)cccc1-c1cccc2c(=O)oc(=O)oc12. The molecule has 0 saturated carbocycles. The standard InChI is InChI=1S/C17H10O8/c1-8(18)23-13-9(4-2-6-11(13)15(19)20)10-5-3-7-12-14(10)24-17(22)25-16(12)21/h2-7H,1H3,(H,19,20). The second kappa shape index (κ2) is 6.08. The summed E-state index contributed by atoms with van der Waals surface area (Å²) in [5.74, 6) is -3.45. The van der Waals surface area contributed by atoms with Crippen molar-refractivity contribution in [2.75, 3.05) is 0 Å². The van der Waals surface area contributed by atoms with Crippen molar-refractivity contribution in [2.45, 2.75) is 6.92 Å². The van der Waals surface area contributed by atoms with Crippen LogP contribution < -0.4 is 16.2 Å². The van der Waals surface area contributed by atoms with Crippen molar-refractivity contribution >= 4 is 22.9 Å². The fraction of sp³-hybridized carbons (Fsp3) is 0.0588. The number of esters is 1. The first kappa shape index (κ1) is 16.2. The third kappa shape index (κ3) is 2.92. The van der Waals surface area contributed by atoms with Crippen LogP contribution in [0.1, 0.15) is 17.3 Å². The minimum atomic E-state index is -1.31. The lowest BCUT2D eigenvalue weighted by molar-refractivity contribution is -0.131. The van der Waals surface area contributed by atoms with Crippen molar-refractivity contribution in [3.05, 3.63) is 63.0 Å². The van der Waals surface area contributed by atoms with E-state index < -0.39 is 23.4 Å². The number of rotatable bonds is 3. The number of hydrogen-bond acceptors (Lipinski definition) is 7. The zero-order chi connectivity index (χ0) is 18.1. The molecule has 25 heavy (non-hydrogen) atoms. The molecular weight excluding hydrogens is 332 g/mol. The van der Waals surface area contributed by atoms with Gasteiger partial charge < -0.3 is 18.7 Å². The number of benzene rings is 2. The van der Waals surface area contributed by atoms with Gasteiger partial charge in [-0.2, -0.15) is 0 Å². The quantitative estimate of drug-likeness (QED) is 0.566. The number of para-hydroxylation sites is 2. The van der Waals surface area contributed by atoms with E-state index in [1.807, 2.05) is 0 Å². The molecule has 3 aromatic rings. The van der Waals surface area contributed by atoms with Gasteiger partial charge in [0, 0.05) is 18.1 Å². The Kier molecular flexibility index (Phi) is 3.94. The molecule has 0 atom stereocenters. The molecule has 0 amide bonds. The van der Waals surface area contributed by atoms with Crippen LogP contribution in [0.3, 0.4) is 0 Å². The summed E-state index contributed by atoms with van der Waals surface area (Å²) in [7, 11) is 0. The van der Waals surface area contributed by atoms with Gasteiger partial charge in [-0.3, -0.25) is 4.79 Å². The Labute approximate surface area is 138 Å². The van der Waals surface area contributed by atoms with E-state index >= 15 is 0 Å². The zero-order valence-corrected chi connectivity index (χ0v) is 12.8. The number of carboxylic acids is 1. The summed E-state index contributed by atoms with van der Waals surface area (Å²) < 4.78 is 14.4. The topological polar surface area (TPSA) is 124 Å². The van der Waals surface area contributed by atoms with Crippen molar-refractivity contribution in [1.82, 2.24) is 0 Å². The molecule has 0 aliphatic rings. The molecule has 2 aromatic carbocycles. The first-order chi connectivity index (χ1) is 11.9. The predicted molar refractivity (Wildman–Crippen MR) is 84.7 cm³/mol. The third-order valence-corrected chi connectivity index (χ3v) is 3.38. The van der Waals surface area contributed by atoms with Gasteiger partial charge in [0.1, 0.15) is 10.9 Å². The first-order valence-corrected chi connectivity index (χ1v) is 7.00. The molecule has 0 radical (unpaired) electrons. The average Bonchev–Trinajstić information content (AvgIpc) is 2.54. The van der Waals surface area contributed by atoms with Crippen LogP contribution >= 0.6 is 0 Å². The number of ether oxygens (including phenoxy) is 1. The summed E-state index contributed by atoms with van der Waals surface area (Å²) in [6, 6.07) is 8.57. The minimum Gasteiger partial charge on any atom is -0.478 e. The average molecular weight is 342 g/mol. The van der Waals surface area contributed by atoms with Gasteiger partial charge in [0.25, 0.3) is 0 Å². The van der Waals surface area contributed by atoms with Gasteiger partial charge in [-0.1, -0.05) is 24.3 Å². The van der Waals surface area contributed by atoms with Gasteiger partial charge >= 0.3 is 23.4 Å². The third-order valence-electron chi connectivity index (χ3n) is 3.38. The molecule has 1 heterocycles. The summed E-state index contributed by atoms with van der Waals surface area (Å²) >= 11 is 0. The smallest absolute Gasteiger partial charge is 0.478 e. The highest BCUT2D eigenvalue weighted by molar-refractivity contribution is 5.99. The Morgan fingerprint density at radius 2 is 1.68 bits per heavy atom. The van der Waals surface area contributed by atoms with Crippen molar-refractivity contribution in [2.24, 2.45) is 0 Å². The monoisotopic (exact) mass is 342 g/mol. The van der Waals surface area contributed by atoms with Crippen LogP contribution in [0, 0.1) is 0 Å². The maximum absolute atomic E-state index is 11.8. The first-order valence-electron chi connectivity index (χ1n) is 7.00. The van der Waals surface area contributed by atoms with Crippen molar-refractivity contribution < 1.29 is 28.3 Å². The normalized spacial score (nSPS) is 10.6. The number of carboxylic acid groups (broad SMARTS) is 1. The Morgan fingerprint density at radius 3 is 2.36 bits per heavy atom. The highest BCUT2D eigenvalue weighted by atomic mass is 16.6. The lowest BCUT2D eigenvalue weighted by atomic mass is 9.99. The molecule has 0 unspecified atom stereocenters. The van der Waals surface area contributed by atoms with Crippen LogP contribution in [0.4, 0.5) is 0 Å². The number of aromatic carboxylic acids is 1. The molecule has 0 saturated heterocycles. The molecule has 1 N–H and O–H groups in total. The van der Waals surface area contributed by atoms with Gasteiger partial charge in [-0.15, -0.1) is 0 Å². The Morgan fingerprint density at radius 1 is 1.00 bits per heavy atom. The van der Waals surface area contributed by atoms with Gasteiger partial charge in [0.2, 0.25) is 0 Å². The second-order valence-corrected chi connectivity index (χ2v) is 5.00. The van der Waals surface area contributed by atoms with Crippen LogP contribution in [0.2, 0.25) is 0 Å². The van der Waals surface area contributed by atoms with Gasteiger partial charge in [-0.25, -0.2) is 14.4 Å². The van der Waals surface area contributed by atoms with Crippen LogP contribution in [0.5, 0.6) is 5.75 Å². The lowest BCUT2D eigenvalue weighted by Gasteiger charge is -2.12. The van der Waals surface area contributed by atoms with E-state index in [0.29, 0.717) is 0 Å². The number of carbonyl (C=O) groups is 2. The highest BCUT2D eigenvalue weighted by Crippen LogP contribution is 2.36. The van der Waals surface area contributed by atoms with E-state index in [2.05, 4.69) is 4.42 Å². The molecule has 3 rings (SSSR count). The predicted octanol–water partition coefficient (Wildman–Crippen LogP) is 2.04. The Bertz CT molecular complexity index is 1120. The van der Waals surface area contributed by atoms with Gasteiger partial charge in [-0.05, 0) is 12.1 Å². The molecule has 8 nitrogen and oxygen atoms in total. The van der Waals surface area contributed by atoms with E-state index in [-0.39, 0.29) is 33.4 Å². The van der Waals surface area contributed by atoms with Gasteiger partial charge in [0.05, 0.1) is 0 Å². The number of carbonyl (C=O) groups excluding carboxylic acids is 1. The van der Waals surface area contributed by atoms with Crippen LogP contribution in [0.25, 0.3) is 22.1 Å². The lowest BCUT2D eigenvalue weighted by Crippen LogP contribution is -2.11. The molecule has 0 spiro atoms. The van der Waals surface area contributed by atoms with E-state index in [0.717, 1.165) is 6.92 Å². The van der Waals surface area contributed by atoms with Crippen LogP contribution in [-0.4, -0.2) is 17.0 Å². The molecule has 1 aromatic heterocycles. The van der Waals surface area contributed by atoms with Crippen LogP contribution in [-0.2, 0) is 4.79 Å². The zero-order valence-electron chi connectivity index (χ0n) is 12.8. The Balaban J connectivity index is 2.41. The molecule has 0 aliphatic heterocycles. The fourth-order valence-corrected chi connectivity index (χ4v) is 2.43. The number of fused-ring (bicyclic) bond motifs is 1. The largest absolute Gasteiger partial charge is 0.522 e. The highest BCUT2D eigenvalue weighted by Gasteiger charge is 2.21. The van der Waals surface area contributed by atoms with E-state index in [1.54, 1.807) is 0 Å². The summed E-state index contributed by atoms with van der Waals surface area (Å²) in [4.78, 5) is 46.0. The molecule has 0 fully saturated rings. The van der Waals surface area contributed by atoms with Gasteiger partial charge in [0.15, 0.2) is 11.3 Å². The summed E-state index contributed by atoms with van der Waals surface area (Å²) in [6.45, 7) is 1.13. The molecule has 0 aliphatic carbocycles. The maximum Gasteiger partial charge on any atom is 0.522 e. The summed E-state index contributed by atoms with van der Waals surface area (Å²) in [5, 5.41) is 9.31. The molecule has 8 heteroatoms. The second-order valence-electron chi connectivity index (χ2n) is 5.00. The van der Waals surface area contributed by atoms with E-state index in [4.69, 9.17) is 9.15 Å². The molecule has 126 valence electrons. The van der Waals surface area contributed by atoms with Crippen LogP contribution in [0.15, 0.2) is 54.8 Å². The van der Waals surface area contributed by atoms with E-state index in [9.17, 15) is 24.3 Å². The van der Waals surface area contributed by atoms with E-state index in [1.165, 1.54) is 36.4 Å². The maximum atomic E-state index is 11.8. The summed E-state index contributed by atoms with van der Waals surface area (Å²) in [5.41, 5.74) is -0.859. The molecular formula is C17H10O8. The van der Waals surface area contributed by atoms with Crippen molar-refractivity contribution in [1.29, 1.82) is 0 Å².